The van der Waals surface area contributed by atoms with Crippen molar-refractivity contribution >= 4 is 17.6 Å². The highest BCUT2D eigenvalue weighted by molar-refractivity contribution is 5.96. The van der Waals surface area contributed by atoms with Gasteiger partial charge in [0, 0.05) is 5.69 Å². The van der Waals surface area contributed by atoms with E-state index in [1.54, 1.807) is 25.1 Å². The van der Waals surface area contributed by atoms with E-state index in [1.807, 2.05) is 32.0 Å². The van der Waals surface area contributed by atoms with Gasteiger partial charge < -0.3 is 25.3 Å². The van der Waals surface area contributed by atoms with Crippen LogP contribution in [-0.2, 0) is 9.53 Å². The van der Waals surface area contributed by atoms with Crippen LogP contribution in [0.5, 0.6) is 11.5 Å². The maximum absolute atomic E-state index is 12.4. The average Bonchev–Trinajstić information content (AvgIpc) is 2.71. The third-order valence-corrected chi connectivity index (χ3v) is 4.79. The lowest BCUT2D eigenvalue weighted by molar-refractivity contribution is -0.125. The lowest BCUT2D eigenvalue weighted by Gasteiger charge is -2.25. The van der Waals surface area contributed by atoms with E-state index < -0.39 is 11.9 Å². The van der Waals surface area contributed by atoms with Crippen molar-refractivity contribution in [1.29, 1.82) is 0 Å². The number of fused-ring (bicyclic) bond motifs is 1. The Morgan fingerprint density at radius 3 is 2.59 bits per heavy atom. The SMILES string of the molecule is Cc1cccc(C(=O)OCC(=O)NC(c2ccc3c(c2)OCCO3)C(C)C)c1N. The van der Waals surface area contributed by atoms with Gasteiger partial charge in [0.1, 0.15) is 13.2 Å². The first-order chi connectivity index (χ1) is 13.9. The quantitative estimate of drug-likeness (QED) is 0.573. The van der Waals surface area contributed by atoms with Crippen LogP contribution in [0.3, 0.4) is 0 Å². The molecule has 1 heterocycles. The van der Waals surface area contributed by atoms with Crippen molar-refractivity contribution in [1.82, 2.24) is 5.32 Å². The van der Waals surface area contributed by atoms with Gasteiger partial charge in [0.15, 0.2) is 18.1 Å². The summed E-state index contributed by atoms with van der Waals surface area (Å²) < 4.78 is 16.3. The van der Waals surface area contributed by atoms with Gasteiger partial charge >= 0.3 is 5.97 Å². The number of rotatable bonds is 6. The highest BCUT2D eigenvalue weighted by atomic mass is 16.6. The highest BCUT2D eigenvalue weighted by Crippen LogP contribution is 2.34. The van der Waals surface area contributed by atoms with Crippen LogP contribution in [-0.4, -0.2) is 31.7 Å². The molecule has 0 bridgehead atoms. The minimum Gasteiger partial charge on any atom is -0.486 e. The summed E-state index contributed by atoms with van der Waals surface area (Å²) in [5.74, 6) is 0.457. The average molecular weight is 398 g/mol. The van der Waals surface area contributed by atoms with Crippen LogP contribution >= 0.6 is 0 Å². The Morgan fingerprint density at radius 1 is 1.14 bits per heavy atom. The first-order valence-electron chi connectivity index (χ1n) is 9.58. The second-order valence-electron chi connectivity index (χ2n) is 7.30. The third kappa shape index (κ3) is 4.80. The maximum atomic E-state index is 12.4. The number of benzene rings is 2. The van der Waals surface area contributed by atoms with Crippen LogP contribution < -0.4 is 20.5 Å². The Kier molecular flexibility index (Phi) is 6.26. The number of esters is 1. The molecule has 2 aromatic carbocycles. The Morgan fingerprint density at radius 2 is 1.86 bits per heavy atom. The summed E-state index contributed by atoms with van der Waals surface area (Å²) in [7, 11) is 0. The molecule has 1 unspecified atom stereocenters. The van der Waals surface area contributed by atoms with Crippen molar-refractivity contribution in [3.8, 4) is 11.5 Å². The molecule has 1 aliphatic heterocycles. The fourth-order valence-electron chi connectivity index (χ4n) is 3.17. The Labute approximate surface area is 170 Å². The van der Waals surface area contributed by atoms with Crippen molar-refractivity contribution in [3.05, 3.63) is 53.1 Å². The van der Waals surface area contributed by atoms with Gasteiger partial charge in [0.25, 0.3) is 5.91 Å². The summed E-state index contributed by atoms with van der Waals surface area (Å²) >= 11 is 0. The summed E-state index contributed by atoms with van der Waals surface area (Å²) in [4.78, 5) is 24.7. The first kappa shape index (κ1) is 20.5. The van der Waals surface area contributed by atoms with Crippen molar-refractivity contribution in [2.24, 2.45) is 5.92 Å². The van der Waals surface area contributed by atoms with Gasteiger partial charge in [-0.15, -0.1) is 0 Å². The minimum atomic E-state index is -0.623. The monoisotopic (exact) mass is 398 g/mol. The molecule has 1 atom stereocenters. The van der Waals surface area contributed by atoms with Crippen LogP contribution in [0.2, 0.25) is 0 Å². The van der Waals surface area contributed by atoms with Crippen LogP contribution in [0.4, 0.5) is 5.69 Å². The molecule has 154 valence electrons. The number of nitrogen functional groups attached to an aromatic ring is 1. The normalized spacial score (nSPS) is 13.7. The fraction of sp³-hybridized carbons (Fsp3) is 0.364. The molecule has 29 heavy (non-hydrogen) atoms. The summed E-state index contributed by atoms with van der Waals surface area (Å²) in [5.41, 5.74) is 8.20. The molecule has 0 aliphatic carbocycles. The van der Waals surface area contributed by atoms with E-state index in [-0.39, 0.29) is 24.1 Å². The lowest BCUT2D eigenvalue weighted by atomic mass is 9.95. The van der Waals surface area contributed by atoms with E-state index in [9.17, 15) is 9.59 Å². The number of para-hydroxylation sites is 1. The molecular weight excluding hydrogens is 372 g/mol. The number of carbonyl (C=O) groups excluding carboxylic acids is 2. The van der Waals surface area contributed by atoms with E-state index in [0.717, 1.165) is 11.1 Å². The molecule has 7 nitrogen and oxygen atoms in total. The third-order valence-electron chi connectivity index (χ3n) is 4.79. The van der Waals surface area contributed by atoms with Gasteiger partial charge in [-0.1, -0.05) is 32.0 Å². The molecule has 0 fully saturated rings. The number of carbonyl (C=O) groups is 2. The molecule has 7 heteroatoms. The summed E-state index contributed by atoms with van der Waals surface area (Å²) in [5, 5.41) is 2.93. The maximum Gasteiger partial charge on any atom is 0.340 e. The second kappa shape index (κ2) is 8.86. The number of hydrogen-bond donors (Lipinski definition) is 2. The Balaban J connectivity index is 1.64. The van der Waals surface area contributed by atoms with E-state index >= 15 is 0 Å². The van der Waals surface area contributed by atoms with Gasteiger partial charge in [-0.25, -0.2) is 4.79 Å². The molecule has 0 aromatic heterocycles. The number of aryl methyl sites for hydroxylation is 1. The van der Waals surface area contributed by atoms with Crippen LogP contribution in [0.1, 0.15) is 41.4 Å². The molecule has 0 radical (unpaired) electrons. The highest BCUT2D eigenvalue weighted by Gasteiger charge is 2.22. The van der Waals surface area contributed by atoms with E-state index in [4.69, 9.17) is 19.9 Å². The number of nitrogens with two attached hydrogens (primary N) is 1. The van der Waals surface area contributed by atoms with Gasteiger partial charge in [-0.2, -0.15) is 0 Å². The van der Waals surface area contributed by atoms with Crippen LogP contribution in [0.25, 0.3) is 0 Å². The number of amides is 1. The predicted octanol–water partition coefficient (Wildman–Crippen LogP) is 3.02. The lowest BCUT2D eigenvalue weighted by Crippen LogP contribution is -2.35. The van der Waals surface area contributed by atoms with Gasteiger partial charge in [-0.3, -0.25) is 4.79 Å². The van der Waals surface area contributed by atoms with Gasteiger partial charge in [0.2, 0.25) is 0 Å². The van der Waals surface area contributed by atoms with Gasteiger partial charge in [0.05, 0.1) is 11.6 Å². The smallest absolute Gasteiger partial charge is 0.340 e. The topological polar surface area (TPSA) is 99.9 Å². The minimum absolute atomic E-state index is 0.115. The van der Waals surface area contributed by atoms with E-state index in [1.165, 1.54) is 0 Å². The van der Waals surface area contributed by atoms with Gasteiger partial charge in [-0.05, 0) is 42.2 Å². The number of anilines is 1. The fourth-order valence-corrected chi connectivity index (χ4v) is 3.17. The standard InChI is InChI=1S/C22H26N2O5/c1-13(2)21(15-7-8-17-18(11-15)28-10-9-27-17)24-19(25)12-29-22(26)16-6-4-5-14(3)20(16)23/h4-8,11,13,21H,9-10,12,23H2,1-3H3,(H,24,25). The van der Waals surface area contributed by atoms with Crippen LogP contribution in [0.15, 0.2) is 36.4 Å². The molecule has 1 amide bonds. The summed E-state index contributed by atoms with van der Waals surface area (Å²) in [6.07, 6.45) is 0. The van der Waals surface area contributed by atoms with Crippen molar-refractivity contribution < 1.29 is 23.8 Å². The largest absolute Gasteiger partial charge is 0.486 e. The number of hydrogen-bond acceptors (Lipinski definition) is 6. The molecular formula is C22H26N2O5. The molecule has 0 saturated heterocycles. The number of ether oxygens (including phenoxy) is 3. The van der Waals surface area contributed by atoms with Crippen molar-refractivity contribution in [2.75, 3.05) is 25.6 Å². The van der Waals surface area contributed by atoms with Crippen molar-refractivity contribution in [2.45, 2.75) is 26.8 Å². The molecule has 3 N–H and O–H groups in total. The second-order valence-corrected chi connectivity index (χ2v) is 7.30. The van der Waals surface area contributed by atoms with Crippen molar-refractivity contribution in [3.63, 3.8) is 0 Å². The summed E-state index contributed by atoms with van der Waals surface area (Å²) in [6.45, 7) is 6.43. The zero-order valence-corrected chi connectivity index (χ0v) is 16.9. The molecule has 3 rings (SSSR count). The van der Waals surface area contributed by atoms with E-state index in [0.29, 0.717) is 30.4 Å². The zero-order chi connectivity index (χ0) is 21.0. The first-order valence-corrected chi connectivity index (χ1v) is 9.58. The summed E-state index contributed by atoms with van der Waals surface area (Å²) in [6, 6.07) is 10.5. The zero-order valence-electron chi connectivity index (χ0n) is 16.9. The van der Waals surface area contributed by atoms with E-state index in [2.05, 4.69) is 5.32 Å². The predicted molar refractivity (Wildman–Crippen MR) is 109 cm³/mol. The van der Waals surface area contributed by atoms with Crippen LogP contribution in [0, 0.1) is 12.8 Å². The molecule has 2 aromatic rings. The number of nitrogens with one attached hydrogen (secondary N) is 1. The molecule has 0 saturated carbocycles. The Hall–Kier alpha value is -3.22. The Bertz CT molecular complexity index is 910. The molecule has 1 aliphatic rings. The molecule has 0 spiro atoms.